The van der Waals surface area contributed by atoms with E-state index in [1.54, 1.807) is 6.92 Å². The van der Waals surface area contributed by atoms with Crippen molar-refractivity contribution < 1.29 is 22.7 Å². The fraction of sp³-hybridized carbons (Fsp3) is 0.214. The SMILES string of the molecule is COc1ccc(C(F)(F)F)cc1NC(=O)Nc1cnc(C)cn1. The molecule has 1 aromatic heterocycles. The highest BCUT2D eigenvalue weighted by atomic mass is 19.4. The zero-order valence-corrected chi connectivity index (χ0v) is 12.2. The highest BCUT2D eigenvalue weighted by Gasteiger charge is 2.31. The molecule has 2 aromatic rings. The largest absolute Gasteiger partial charge is 0.495 e. The Morgan fingerprint density at radius 2 is 1.91 bits per heavy atom. The van der Waals surface area contributed by atoms with Crippen LogP contribution >= 0.6 is 0 Å². The van der Waals surface area contributed by atoms with Crippen LogP contribution in [-0.2, 0) is 6.18 Å². The fourth-order valence-corrected chi connectivity index (χ4v) is 1.71. The highest BCUT2D eigenvalue weighted by molar-refractivity contribution is 6.00. The van der Waals surface area contributed by atoms with Crippen molar-refractivity contribution in [2.24, 2.45) is 0 Å². The van der Waals surface area contributed by atoms with Crippen molar-refractivity contribution in [3.63, 3.8) is 0 Å². The van der Waals surface area contributed by atoms with Crippen molar-refractivity contribution in [1.82, 2.24) is 9.97 Å². The molecule has 0 saturated heterocycles. The summed E-state index contributed by atoms with van der Waals surface area (Å²) in [6.07, 6.45) is -1.75. The van der Waals surface area contributed by atoms with Crippen LogP contribution in [0, 0.1) is 6.92 Å². The van der Waals surface area contributed by atoms with Crippen molar-refractivity contribution in [2.75, 3.05) is 17.7 Å². The highest BCUT2D eigenvalue weighted by Crippen LogP contribution is 2.34. The lowest BCUT2D eigenvalue weighted by Crippen LogP contribution is -2.21. The number of rotatable bonds is 3. The number of carbonyl (C=O) groups is 1. The standard InChI is InChI=1S/C14H13F3N4O2/c1-8-6-19-12(7-18-8)21-13(22)20-10-5-9(14(15,16)17)3-4-11(10)23-2/h3-7H,1-2H3,(H2,19,20,21,22). The van der Waals surface area contributed by atoms with Gasteiger partial charge in [-0.25, -0.2) is 9.78 Å². The van der Waals surface area contributed by atoms with Crippen LogP contribution in [0.5, 0.6) is 5.75 Å². The molecule has 0 aliphatic heterocycles. The minimum atomic E-state index is -4.53. The Morgan fingerprint density at radius 3 is 2.48 bits per heavy atom. The number of benzene rings is 1. The number of aromatic nitrogens is 2. The van der Waals surface area contributed by atoms with Gasteiger partial charge in [0.15, 0.2) is 5.82 Å². The van der Waals surface area contributed by atoms with Gasteiger partial charge in [-0.3, -0.25) is 10.3 Å². The van der Waals surface area contributed by atoms with E-state index in [-0.39, 0.29) is 17.3 Å². The molecule has 0 unspecified atom stereocenters. The zero-order valence-electron chi connectivity index (χ0n) is 12.2. The molecule has 0 spiro atoms. The Hall–Kier alpha value is -2.84. The maximum atomic E-state index is 12.7. The summed E-state index contributed by atoms with van der Waals surface area (Å²) in [6, 6.07) is 2.03. The van der Waals surface area contributed by atoms with E-state index in [9.17, 15) is 18.0 Å². The molecule has 0 saturated carbocycles. The molecule has 0 bridgehead atoms. The van der Waals surface area contributed by atoms with Crippen molar-refractivity contribution in [3.05, 3.63) is 41.9 Å². The first-order valence-corrected chi connectivity index (χ1v) is 6.41. The second-order valence-electron chi connectivity index (χ2n) is 4.53. The van der Waals surface area contributed by atoms with Crippen molar-refractivity contribution in [1.29, 1.82) is 0 Å². The Labute approximate surface area is 129 Å². The minimum absolute atomic E-state index is 0.100. The molecule has 1 heterocycles. The molecule has 1 aromatic carbocycles. The molecular formula is C14H13F3N4O2. The fourth-order valence-electron chi connectivity index (χ4n) is 1.71. The summed E-state index contributed by atoms with van der Waals surface area (Å²) in [6.45, 7) is 1.73. The van der Waals surface area contributed by atoms with Gasteiger partial charge in [-0.2, -0.15) is 13.2 Å². The molecule has 6 nitrogen and oxygen atoms in total. The maximum absolute atomic E-state index is 12.7. The number of carbonyl (C=O) groups excluding carboxylic acids is 1. The zero-order chi connectivity index (χ0) is 17.0. The monoisotopic (exact) mass is 326 g/mol. The molecule has 122 valence electrons. The molecular weight excluding hydrogens is 313 g/mol. The van der Waals surface area contributed by atoms with Gasteiger partial charge in [0.1, 0.15) is 5.75 Å². The van der Waals surface area contributed by atoms with Gasteiger partial charge in [0.2, 0.25) is 0 Å². The van der Waals surface area contributed by atoms with Gasteiger partial charge in [0.25, 0.3) is 0 Å². The topological polar surface area (TPSA) is 76.1 Å². The van der Waals surface area contributed by atoms with Crippen LogP contribution < -0.4 is 15.4 Å². The quantitative estimate of drug-likeness (QED) is 0.906. The second kappa shape index (κ2) is 6.51. The normalized spacial score (nSPS) is 11.0. The summed E-state index contributed by atoms with van der Waals surface area (Å²) in [5, 5.41) is 4.66. The molecule has 2 N–H and O–H groups in total. The smallest absolute Gasteiger partial charge is 0.416 e. The third-order valence-electron chi connectivity index (χ3n) is 2.80. The lowest BCUT2D eigenvalue weighted by Gasteiger charge is -2.14. The molecule has 0 fully saturated rings. The molecule has 2 amide bonds. The number of aryl methyl sites for hydroxylation is 1. The van der Waals surface area contributed by atoms with Crippen LogP contribution in [0.2, 0.25) is 0 Å². The number of hydrogen-bond acceptors (Lipinski definition) is 4. The molecule has 0 aliphatic rings. The van der Waals surface area contributed by atoms with Gasteiger partial charge in [0, 0.05) is 0 Å². The van der Waals surface area contributed by atoms with Crippen LogP contribution in [0.3, 0.4) is 0 Å². The predicted octanol–water partition coefficient (Wildman–Crippen LogP) is 3.46. The summed E-state index contributed by atoms with van der Waals surface area (Å²) >= 11 is 0. The lowest BCUT2D eigenvalue weighted by atomic mass is 10.2. The number of nitrogens with one attached hydrogen (secondary N) is 2. The third kappa shape index (κ3) is 4.31. The number of amides is 2. The third-order valence-corrected chi connectivity index (χ3v) is 2.80. The van der Waals surface area contributed by atoms with E-state index in [2.05, 4.69) is 20.6 Å². The average Bonchev–Trinajstić information content (AvgIpc) is 2.48. The van der Waals surface area contributed by atoms with Crippen LogP contribution in [0.25, 0.3) is 0 Å². The van der Waals surface area contributed by atoms with Crippen molar-refractivity contribution in [3.8, 4) is 5.75 Å². The minimum Gasteiger partial charge on any atom is -0.495 e. The van der Waals surface area contributed by atoms with E-state index in [1.807, 2.05) is 0 Å². The number of hydrogen-bond donors (Lipinski definition) is 2. The number of ether oxygens (including phenoxy) is 1. The molecule has 23 heavy (non-hydrogen) atoms. The van der Waals surface area contributed by atoms with Crippen LogP contribution in [0.1, 0.15) is 11.3 Å². The number of anilines is 2. The summed E-state index contributed by atoms with van der Waals surface area (Å²) < 4.78 is 43.2. The van der Waals surface area contributed by atoms with Gasteiger partial charge in [-0.05, 0) is 25.1 Å². The number of nitrogens with zero attached hydrogens (tertiary/aromatic N) is 2. The van der Waals surface area contributed by atoms with Gasteiger partial charge >= 0.3 is 12.2 Å². The van der Waals surface area contributed by atoms with Crippen LogP contribution in [-0.4, -0.2) is 23.1 Å². The van der Waals surface area contributed by atoms with Crippen molar-refractivity contribution >= 4 is 17.5 Å². The Bertz CT molecular complexity index is 702. The Balaban J connectivity index is 2.17. The van der Waals surface area contributed by atoms with E-state index in [0.717, 1.165) is 18.2 Å². The number of methoxy groups -OCH3 is 1. The molecule has 0 radical (unpaired) electrons. The Morgan fingerprint density at radius 1 is 1.17 bits per heavy atom. The second-order valence-corrected chi connectivity index (χ2v) is 4.53. The number of urea groups is 1. The van der Waals surface area contributed by atoms with E-state index in [1.165, 1.54) is 19.5 Å². The average molecular weight is 326 g/mol. The number of halogens is 3. The van der Waals surface area contributed by atoms with Crippen LogP contribution in [0.15, 0.2) is 30.6 Å². The maximum Gasteiger partial charge on any atom is 0.416 e. The first kappa shape index (κ1) is 16.5. The first-order chi connectivity index (χ1) is 10.8. The molecule has 0 atom stereocenters. The van der Waals surface area contributed by atoms with Gasteiger partial charge in [-0.15, -0.1) is 0 Å². The summed E-state index contributed by atoms with van der Waals surface area (Å²) in [7, 11) is 1.29. The van der Waals surface area contributed by atoms with Gasteiger partial charge < -0.3 is 10.1 Å². The van der Waals surface area contributed by atoms with E-state index >= 15 is 0 Å². The summed E-state index contributed by atoms with van der Waals surface area (Å²) in [4.78, 5) is 19.7. The van der Waals surface area contributed by atoms with Gasteiger partial charge in [-0.1, -0.05) is 0 Å². The Kier molecular flexibility index (Phi) is 4.68. The summed E-state index contributed by atoms with van der Waals surface area (Å²) in [5.74, 6) is 0.266. The van der Waals surface area contributed by atoms with Crippen molar-refractivity contribution in [2.45, 2.75) is 13.1 Å². The summed E-state index contributed by atoms with van der Waals surface area (Å²) in [5.41, 5.74) is -0.348. The molecule has 9 heteroatoms. The molecule has 0 aliphatic carbocycles. The van der Waals surface area contributed by atoms with E-state index in [0.29, 0.717) is 5.69 Å². The number of alkyl halides is 3. The predicted molar refractivity (Wildman–Crippen MR) is 77.4 cm³/mol. The van der Waals surface area contributed by atoms with Crippen LogP contribution in [0.4, 0.5) is 29.5 Å². The van der Waals surface area contributed by atoms with Gasteiger partial charge in [0.05, 0.1) is 36.4 Å². The van der Waals surface area contributed by atoms with E-state index < -0.39 is 17.8 Å². The lowest BCUT2D eigenvalue weighted by molar-refractivity contribution is -0.137. The first-order valence-electron chi connectivity index (χ1n) is 6.41. The molecule has 2 rings (SSSR count). The van der Waals surface area contributed by atoms with E-state index in [4.69, 9.17) is 4.74 Å².